The van der Waals surface area contributed by atoms with E-state index in [9.17, 15) is 22.3 Å². The molecule has 2 aromatic carbocycles. The van der Waals surface area contributed by atoms with Crippen LogP contribution in [0.3, 0.4) is 0 Å². The summed E-state index contributed by atoms with van der Waals surface area (Å²) in [5.41, 5.74) is -0.0593. The van der Waals surface area contributed by atoms with Crippen molar-refractivity contribution >= 4 is 10.0 Å². The molecule has 0 amide bonds. The van der Waals surface area contributed by atoms with E-state index < -0.39 is 27.3 Å². The molecule has 0 heterocycles. The van der Waals surface area contributed by atoms with E-state index in [2.05, 4.69) is 4.72 Å². The van der Waals surface area contributed by atoms with E-state index in [1.165, 1.54) is 30.3 Å². The van der Waals surface area contributed by atoms with Gasteiger partial charge < -0.3 is 5.11 Å². The van der Waals surface area contributed by atoms with Crippen LogP contribution in [0.4, 0.5) is 8.78 Å². The normalized spacial score (nSPS) is 23.8. The average molecular weight is 381 g/mol. The van der Waals surface area contributed by atoms with Gasteiger partial charge in [-0.15, -0.1) is 0 Å². The molecule has 1 saturated carbocycles. The largest absolute Gasteiger partial charge is 0.390 e. The second-order valence-electron chi connectivity index (χ2n) is 7.04. The summed E-state index contributed by atoms with van der Waals surface area (Å²) in [6.07, 6.45) is 2.24. The second kappa shape index (κ2) is 7.06. The van der Waals surface area contributed by atoms with E-state index in [0.29, 0.717) is 31.2 Å². The SMILES string of the molecule is C[C@]1(O)CC[C@H](NS(=O)(=O)c2ccc(-c3ccc(F)cc3F)cc2)CC1. The second-order valence-corrected chi connectivity index (χ2v) is 8.76. The van der Waals surface area contributed by atoms with E-state index in [4.69, 9.17) is 0 Å². The molecule has 4 nitrogen and oxygen atoms in total. The van der Waals surface area contributed by atoms with Crippen molar-refractivity contribution in [2.75, 3.05) is 0 Å². The predicted octanol–water partition coefficient (Wildman–Crippen LogP) is 3.60. The van der Waals surface area contributed by atoms with Crippen molar-refractivity contribution in [1.29, 1.82) is 0 Å². The number of benzene rings is 2. The van der Waals surface area contributed by atoms with Gasteiger partial charge in [0.2, 0.25) is 10.0 Å². The Balaban J connectivity index is 1.75. The summed E-state index contributed by atoms with van der Waals surface area (Å²) in [6, 6.07) is 8.85. The summed E-state index contributed by atoms with van der Waals surface area (Å²) in [4.78, 5) is 0.0844. The smallest absolute Gasteiger partial charge is 0.240 e. The fourth-order valence-corrected chi connectivity index (χ4v) is 4.49. The van der Waals surface area contributed by atoms with Gasteiger partial charge in [-0.1, -0.05) is 12.1 Å². The molecule has 0 bridgehead atoms. The van der Waals surface area contributed by atoms with Crippen molar-refractivity contribution in [2.45, 2.75) is 49.1 Å². The van der Waals surface area contributed by atoms with Gasteiger partial charge >= 0.3 is 0 Å². The molecule has 1 fully saturated rings. The summed E-state index contributed by atoms with van der Waals surface area (Å²) in [5.74, 6) is -1.37. The van der Waals surface area contributed by atoms with E-state index in [-0.39, 0.29) is 16.5 Å². The Morgan fingerprint density at radius 1 is 1.08 bits per heavy atom. The van der Waals surface area contributed by atoms with Crippen LogP contribution in [-0.2, 0) is 10.0 Å². The Labute approximate surface area is 151 Å². The van der Waals surface area contributed by atoms with Crippen LogP contribution in [0.1, 0.15) is 32.6 Å². The van der Waals surface area contributed by atoms with Crippen molar-refractivity contribution in [3.63, 3.8) is 0 Å². The van der Waals surface area contributed by atoms with Gasteiger partial charge in [-0.2, -0.15) is 0 Å². The van der Waals surface area contributed by atoms with Crippen molar-refractivity contribution in [1.82, 2.24) is 4.72 Å². The fraction of sp³-hybridized carbons (Fsp3) is 0.368. The lowest BCUT2D eigenvalue weighted by atomic mass is 9.84. The fourth-order valence-electron chi connectivity index (χ4n) is 3.18. The van der Waals surface area contributed by atoms with Crippen molar-refractivity contribution in [2.24, 2.45) is 0 Å². The van der Waals surface area contributed by atoms with Crippen molar-refractivity contribution in [3.05, 3.63) is 54.1 Å². The topological polar surface area (TPSA) is 66.4 Å². The molecule has 7 heteroatoms. The molecule has 1 aliphatic rings. The van der Waals surface area contributed by atoms with E-state index in [1.54, 1.807) is 6.92 Å². The molecule has 140 valence electrons. The van der Waals surface area contributed by atoms with Crippen LogP contribution >= 0.6 is 0 Å². The van der Waals surface area contributed by atoms with Gasteiger partial charge in [-0.3, -0.25) is 0 Å². The molecule has 2 N–H and O–H groups in total. The Bertz CT molecular complexity index is 886. The predicted molar refractivity (Wildman–Crippen MR) is 95.0 cm³/mol. The van der Waals surface area contributed by atoms with Gasteiger partial charge in [-0.25, -0.2) is 21.9 Å². The molecule has 0 unspecified atom stereocenters. The molecule has 0 saturated heterocycles. The lowest BCUT2D eigenvalue weighted by molar-refractivity contribution is 0.0163. The Morgan fingerprint density at radius 3 is 2.27 bits per heavy atom. The van der Waals surface area contributed by atoms with Crippen LogP contribution < -0.4 is 4.72 Å². The summed E-state index contributed by atoms with van der Waals surface area (Å²) >= 11 is 0. The highest BCUT2D eigenvalue weighted by molar-refractivity contribution is 7.89. The highest BCUT2D eigenvalue weighted by atomic mass is 32.2. The number of hydrogen-bond donors (Lipinski definition) is 2. The Morgan fingerprint density at radius 2 is 1.69 bits per heavy atom. The molecule has 0 atom stereocenters. The third-order valence-electron chi connectivity index (χ3n) is 4.79. The number of hydrogen-bond acceptors (Lipinski definition) is 3. The molecule has 2 aromatic rings. The highest BCUT2D eigenvalue weighted by Gasteiger charge is 2.31. The molecule has 0 aliphatic heterocycles. The summed E-state index contributed by atoms with van der Waals surface area (Å²) in [7, 11) is -3.70. The molecular formula is C19H21F2NO3S. The average Bonchev–Trinajstić information content (AvgIpc) is 2.57. The minimum absolute atomic E-state index is 0.0844. The monoisotopic (exact) mass is 381 g/mol. The number of rotatable bonds is 4. The zero-order chi connectivity index (χ0) is 18.9. The van der Waals surface area contributed by atoms with Crippen LogP contribution in [-0.4, -0.2) is 25.2 Å². The van der Waals surface area contributed by atoms with Crippen molar-refractivity contribution in [3.8, 4) is 11.1 Å². The van der Waals surface area contributed by atoms with Gasteiger partial charge in [-0.05, 0) is 62.4 Å². The zero-order valence-corrected chi connectivity index (χ0v) is 15.2. The van der Waals surface area contributed by atoms with Crippen LogP contribution in [0.5, 0.6) is 0 Å². The van der Waals surface area contributed by atoms with E-state index in [0.717, 1.165) is 12.1 Å². The first-order valence-electron chi connectivity index (χ1n) is 8.46. The molecular weight excluding hydrogens is 360 g/mol. The van der Waals surface area contributed by atoms with Crippen LogP contribution in [0.2, 0.25) is 0 Å². The standard InChI is InChI=1S/C19H21F2NO3S/c1-19(23)10-8-15(9-11-19)22-26(24,25)16-5-2-13(3-6-16)17-7-4-14(20)12-18(17)21/h2-7,12,15,22-23H,8-11H2,1H3/t15-,19-. The molecule has 3 rings (SSSR count). The number of sulfonamides is 1. The lowest BCUT2D eigenvalue weighted by Gasteiger charge is -2.33. The molecule has 0 radical (unpaired) electrons. The summed E-state index contributed by atoms with van der Waals surface area (Å²) in [6.45, 7) is 1.75. The number of halogens is 2. The van der Waals surface area contributed by atoms with E-state index in [1.807, 2.05) is 0 Å². The van der Waals surface area contributed by atoms with Gasteiger partial charge in [0.15, 0.2) is 0 Å². The number of nitrogens with one attached hydrogen (secondary N) is 1. The minimum Gasteiger partial charge on any atom is -0.390 e. The van der Waals surface area contributed by atoms with Gasteiger partial charge in [0.25, 0.3) is 0 Å². The highest BCUT2D eigenvalue weighted by Crippen LogP contribution is 2.29. The summed E-state index contributed by atoms with van der Waals surface area (Å²) in [5, 5.41) is 9.95. The first-order chi connectivity index (χ1) is 12.2. The molecule has 26 heavy (non-hydrogen) atoms. The van der Waals surface area contributed by atoms with Crippen molar-refractivity contribution < 1.29 is 22.3 Å². The number of aliphatic hydroxyl groups is 1. The quantitative estimate of drug-likeness (QED) is 0.850. The van der Waals surface area contributed by atoms with Gasteiger partial charge in [0.05, 0.1) is 10.5 Å². The molecule has 1 aliphatic carbocycles. The lowest BCUT2D eigenvalue weighted by Crippen LogP contribution is -2.42. The van der Waals surface area contributed by atoms with Crippen LogP contribution in [0.25, 0.3) is 11.1 Å². The maximum atomic E-state index is 13.9. The zero-order valence-electron chi connectivity index (χ0n) is 14.4. The Hall–Kier alpha value is -1.83. The third-order valence-corrected chi connectivity index (χ3v) is 6.33. The summed E-state index contributed by atoms with van der Waals surface area (Å²) < 4.78 is 54.6. The van der Waals surface area contributed by atoms with Crippen LogP contribution in [0.15, 0.2) is 47.4 Å². The molecule has 0 aromatic heterocycles. The Kier molecular flexibility index (Phi) is 5.14. The molecule has 0 spiro atoms. The third kappa shape index (κ3) is 4.28. The van der Waals surface area contributed by atoms with Gasteiger partial charge in [0, 0.05) is 17.7 Å². The maximum absolute atomic E-state index is 13.9. The minimum atomic E-state index is -3.70. The van der Waals surface area contributed by atoms with Crippen LogP contribution in [0, 0.1) is 11.6 Å². The van der Waals surface area contributed by atoms with E-state index >= 15 is 0 Å². The van der Waals surface area contributed by atoms with Gasteiger partial charge in [0.1, 0.15) is 11.6 Å². The first-order valence-corrected chi connectivity index (χ1v) is 9.95. The first kappa shape index (κ1) is 18.9. The maximum Gasteiger partial charge on any atom is 0.240 e.